The number of carbonyl (C=O) groups is 2. The molecule has 0 bridgehead atoms. The van der Waals surface area contributed by atoms with E-state index in [1.165, 1.54) is 25.3 Å². The Balaban J connectivity index is 2.89. The van der Waals surface area contributed by atoms with Crippen molar-refractivity contribution in [3.05, 3.63) is 23.8 Å². The smallest absolute Gasteiger partial charge is 0.337 e. The SMILES string of the molecule is CCC(CC)NC(=O)Nc1cc(OC)ccc1C(=O)O. The molecule has 0 fully saturated rings. The van der Waals surface area contributed by atoms with Crippen molar-refractivity contribution in [3.8, 4) is 5.75 Å². The first kappa shape index (κ1) is 15.8. The summed E-state index contributed by atoms with van der Waals surface area (Å²) in [4.78, 5) is 23.0. The van der Waals surface area contributed by atoms with Crippen LogP contribution in [0.4, 0.5) is 10.5 Å². The van der Waals surface area contributed by atoms with E-state index >= 15 is 0 Å². The van der Waals surface area contributed by atoms with Crippen molar-refractivity contribution >= 4 is 17.7 Å². The highest BCUT2D eigenvalue weighted by atomic mass is 16.5. The molecule has 0 aliphatic rings. The number of ether oxygens (including phenoxy) is 1. The summed E-state index contributed by atoms with van der Waals surface area (Å²) in [6, 6.07) is 4.06. The van der Waals surface area contributed by atoms with Crippen molar-refractivity contribution in [3.63, 3.8) is 0 Å². The zero-order chi connectivity index (χ0) is 15.1. The molecule has 0 radical (unpaired) electrons. The number of carboxylic acids is 1. The van der Waals surface area contributed by atoms with Gasteiger partial charge in [-0.3, -0.25) is 0 Å². The largest absolute Gasteiger partial charge is 0.497 e. The van der Waals surface area contributed by atoms with Crippen LogP contribution in [-0.4, -0.2) is 30.3 Å². The van der Waals surface area contributed by atoms with Gasteiger partial charge in [0.25, 0.3) is 0 Å². The molecule has 2 amide bonds. The highest BCUT2D eigenvalue weighted by Gasteiger charge is 2.15. The van der Waals surface area contributed by atoms with E-state index in [9.17, 15) is 9.59 Å². The summed E-state index contributed by atoms with van der Waals surface area (Å²) in [5.74, 6) is -0.627. The molecule has 1 rings (SSSR count). The first-order valence-electron chi connectivity index (χ1n) is 6.50. The van der Waals surface area contributed by atoms with Gasteiger partial charge in [0.2, 0.25) is 0 Å². The number of benzene rings is 1. The molecular weight excluding hydrogens is 260 g/mol. The minimum absolute atomic E-state index is 0.0190. The molecule has 1 aromatic rings. The number of urea groups is 1. The van der Waals surface area contributed by atoms with Crippen molar-refractivity contribution in [2.24, 2.45) is 0 Å². The summed E-state index contributed by atoms with van der Waals surface area (Å²) in [7, 11) is 1.48. The molecule has 1 aromatic carbocycles. The molecule has 6 heteroatoms. The number of hydrogen-bond acceptors (Lipinski definition) is 3. The Kier molecular flexibility index (Phi) is 5.83. The van der Waals surface area contributed by atoms with Gasteiger partial charge in [-0.25, -0.2) is 9.59 Å². The monoisotopic (exact) mass is 280 g/mol. The second kappa shape index (κ2) is 7.37. The minimum Gasteiger partial charge on any atom is -0.497 e. The van der Waals surface area contributed by atoms with Gasteiger partial charge in [0.1, 0.15) is 5.75 Å². The lowest BCUT2D eigenvalue weighted by molar-refractivity contribution is 0.0698. The van der Waals surface area contributed by atoms with Gasteiger partial charge in [-0.05, 0) is 25.0 Å². The lowest BCUT2D eigenvalue weighted by atomic mass is 10.1. The van der Waals surface area contributed by atoms with Crippen LogP contribution in [0.5, 0.6) is 5.75 Å². The Morgan fingerprint density at radius 1 is 1.30 bits per heavy atom. The summed E-state index contributed by atoms with van der Waals surface area (Å²) >= 11 is 0. The molecule has 0 aromatic heterocycles. The van der Waals surface area contributed by atoms with E-state index in [1.807, 2.05) is 13.8 Å². The predicted molar refractivity (Wildman–Crippen MR) is 76.5 cm³/mol. The quantitative estimate of drug-likeness (QED) is 0.747. The highest BCUT2D eigenvalue weighted by molar-refractivity contribution is 6.00. The Bertz CT molecular complexity index is 484. The standard InChI is InChI=1S/C14H20N2O4/c1-4-9(5-2)15-14(19)16-12-8-10(20-3)6-7-11(12)13(17)18/h6-9H,4-5H2,1-3H3,(H,17,18)(H2,15,16,19). The van der Waals surface area contributed by atoms with E-state index < -0.39 is 12.0 Å². The summed E-state index contributed by atoms with van der Waals surface area (Å²) in [6.07, 6.45) is 1.63. The van der Waals surface area contributed by atoms with Gasteiger partial charge < -0.3 is 20.5 Å². The van der Waals surface area contributed by atoms with Crippen molar-refractivity contribution < 1.29 is 19.4 Å². The maximum atomic E-state index is 11.9. The van der Waals surface area contributed by atoms with Gasteiger partial charge in [-0.2, -0.15) is 0 Å². The average molecular weight is 280 g/mol. The lowest BCUT2D eigenvalue weighted by Gasteiger charge is -2.16. The zero-order valence-corrected chi connectivity index (χ0v) is 11.9. The van der Waals surface area contributed by atoms with E-state index in [2.05, 4.69) is 10.6 Å². The Morgan fingerprint density at radius 2 is 1.95 bits per heavy atom. The van der Waals surface area contributed by atoms with Crippen molar-refractivity contribution in [1.29, 1.82) is 0 Å². The number of carboxylic acid groups (broad SMARTS) is 1. The molecule has 0 saturated carbocycles. The first-order valence-corrected chi connectivity index (χ1v) is 6.50. The van der Waals surface area contributed by atoms with Crippen LogP contribution in [0.25, 0.3) is 0 Å². The van der Waals surface area contributed by atoms with Gasteiger partial charge in [0.15, 0.2) is 0 Å². The topological polar surface area (TPSA) is 87.7 Å². The van der Waals surface area contributed by atoms with Gasteiger partial charge in [-0.1, -0.05) is 13.8 Å². The molecular formula is C14H20N2O4. The second-order valence-electron chi connectivity index (χ2n) is 4.33. The number of anilines is 1. The summed E-state index contributed by atoms with van der Waals surface area (Å²) in [5.41, 5.74) is 0.228. The van der Waals surface area contributed by atoms with Crippen molar-refractivity contribution in [2.45, 2.75) is 32.7 Å². The molecule has 0 aliphatic heterocycles. The van der Waals surface area contributed by atoms with Crippen LogP contribution in [-0.2, 0) is 0 Å². The molecule has 0 heterocycles. The van der Waals surface area contributed by atoms with E-state index in [-0.39, 0.29) is 17.3 Å². The van der Waals surface area contributed by atoms with E-state index in [1.54, 1.807) is 0 Å². The molecule has 0 unspecified atom stereocenters. The second-order valence-corrected chi connectivity index (χ2v) is 4.33. The highest BCUT2D eigenvalue weighted by Crippen LogP contribution is 2.22. The maximum absolute atomic E-state index is 11.9. The minimum atomic E-state index is -1.11. The number of rotatable bonds is 6. The van der Waals surface area contributed by atoms with Crippen LogP contribution in [0.15, 0.2) is 18.2 Å². The summed E-state index contributed by atoms with van der Waals surface area (Å²) in [6.45, 7) is 3.95. The fraction of sp³-hybridized carbons (Fsp3) is 0.429. The Labute approximate surface area is 118 Å². The third kappa shape index (κ3) is 4.15. The number of hydrogen-bond donors (Lipinski definition) is 3. The number of amides is 2. The first-order chi connectivity index (χ1) is 9.51. The molecule has 0 saturated heterocycles. The van der Waals surface area contributed by atoms with Crippen LogP contribution in [0, 0.1) is 0 Å². The number of aromatic carboxylic acids is 1. The Hall–Kier alpha value is -2.24. The lowest BCUT2D eigenvalue weighted by Crippen LogP contribution is -2.37. The van der Waals surface area contributed by atoms with Gasteiger partial charge >= 0.3 is 12.0 Å². The van der Waals surface area contributed by atoms with E-state index in [0.29, 0.717) is 5.75 Å². The molecule has 0 aliphatic carbocycles. The van der Waals surface area contributed by atoms with Crippen LogP contribution >= 0.6 is 0 Å². The van der Waals surface area contributed by atoms with Crippen LogP contribution < -0.4 is 15.4 Å². The molecule has 110 valence electrons. The summed E-state index contributed by atoms with van der Waals surface area (Å²) in [5, 5.41) is 14.4. The van der Waals surface area contributed by atoms with Crippen molar-refractivity contribution in [2.75, 3.05) is 12.4 Å². The zero-order valence-electron chi connectivity index (χ0n) is 11.9. The average Bonchev–Trinajstić information content (AvgIpc) is 2.44. The van der Waals surface area contributed by atoms with Gasteiger partial charge in [-0.15, -0.1) is 0 Å². The fourth-order valence-electron chi connectivity index (χ4n) is 1.78. The number of carbonyl (C=O) groups excluding carboxylic acids is 1. The fourth-order valence-corrected chi connectivity index (χ4v) is 1.78. The van der Waals surface area contributed by atoms with Crippen molar-refractivity contribution in [1.82, 2.24) is 5.32 Å². The molecule has 6 nitrogen and oxygen atoms in total. The number of methoxy groups -OCH3 is 1. The third-order valence-electron chi connectivity index (χ3n) is 3.03. The molecule has 0 atom stereocenters. The molecule has 20 heavy (non-hydrogen) atoms. The normalized spacial score (nSPS) is 10.2. The van der Waals surface area contributed by atoms with Crippen LogP contribution in [0.1, 0.15) is 37.0 Å². The van der Waals surface area contributed by atoms with Gasteiger partial charge in [0, 0.05) is 12.1 Å². The van der Waals surface area contributed by atoms with Gasteiger partial charge in [0.05, 0.1) is 18.4 Å². The Morgan fingerprint density at radius 3 is 2.45 bits per heavy atom. The summed E-state index contributed by atoms with van der Waals surface area (Å²) < 4.78 is 5.03. The van der Waals surface area contributed by atoms with E-state index in [4.69, 9.17) is 9.84 Å². The number of nitrogens with one attached hydrogen (secondary N) is 2. The molecule has 3 N–H and O–H groups in total. The van der Waals surface area contributed by atoms with Crippen LogP contribution in [0.3, 0.4) is 0 Å². The molecule has 0 spiro atoms. The van der Waals surface area contributed by atoms with E-state index in [0.717, 1.165) is 12.8 Å². The maximum Gasteiger partial charge on any atom is 0.337 e. The third-order valence-corrected chi connectivity index (χ3v) is 3.03. The predicted octanol–water partition coefficient (Wildman–Crippen LogP) is 2.70. The van der Waals surface area contributed by atoms with Crippen LogP contribution in [0.2, 0.25) is 0 Å².